The fourth-order valence-electron chi connectivity index (χ4n) is 4.77. The largest absolute Gasteiger partial charge is 0.385 e. The van der Waals surface area contributed by atoms with Crippen LogP contribution in [0.1, 0.15) is 30.9 Å². The van der Waals surface area contributed by atoms with Gasteiger partial charge in [0.05, 0.1) is 5.60 Å². The van der Waals surface area contributed by atoms with E-state index in [-0.39, 0.29) is 17.6 Å². The van der Waals surface area contributed by atoms with Gasteiger partial charge in [-0.1, -0.05) is 24.3 Å². The molecule has 1 saturated heterocycles. The van der Waals surface area contributed by atoms with Gasteiger partial charge in [-0.15, -0.1) is 0 Å². The molecule has 0 bridgehead atoms. The van der Waals surface area contributed by atoms with Gasteiger partial charge < -0.3 is 10.4 Å². The summed E-state index contributed by atoms with van der Waals surface area (Å²) in [5.74, 6) is 0.308. The van der Waals surface area contributed by atoms with Gasteiger partial charge in [-0.05, 0) is 54.2 Å². The van der Waals surface area contributed by atoms with E-state index in [4.69, 9.17) is 0 Å². The van der Waals surface area contributed by atoms with Crippen LogP contribution in [0.15, 0.2) is 48.5 Å². The molecule has 2 aliphatic rings. The van der Waals surface area contributed by atoms with Gasteiger partial charge in [0.15, 0.2) is 0 Å². The van der Waals surface area contributed by atoms with Crippen molar-refractivity contribution in [3.63, 3.8) is 0 Å². The first-order valence-electron chi connectivity index (χ1n) is 9.51. The van der Waals surface area contributed by atoms with E-state index >= 15 is 0 Å². The Morgan fingerprint density at radius 3 is 2.56 bits per heavy atom. The summed E-state index contributed by atoms with van der Waals surface area (Å²) in [4.78, 5) is 13.5. The second kappa shape index (κ2) is 7.06. The van der Waals surface area contributed by atoms with Gasteiger partial charge >= 0.3 is 0 Å². The van der Waals surface area contributed by atoms with E-state index in [1.165, 1.54) is 24.6 Å². The minimum Gasteiger partial charge on any atom is -0.385 e. The highest BCUT2D eigenvalue weighted by Crippen LogP contribution is 2.50. The summed E-state index contributed by atoms with van der Waals surface area (Å²) in [6.45, 7) is 4.14. The first-order valence-corrected chi connectivity index (χ1v) is 9.51. The summed E-state index contributed by atoms with van der Waals surface area (Å²) in [6, 6.07) is 14.2. The summed E-state index contributed by atoms with van der Waals surface area (Å²) in [6.07, 6.45) is 1.74. The monoisotopic (exact) mass is 368 g/mol. The second-order valence-electron chi connectivity index (χ2n) is 7.91. The first kappa shape index (κ1) is 18.1. The molecule has 1 heterocycles. The van der Waals surface area contributed by atoms with E-state index < -0.39 is 5.60 Å². The number of likely N-dealkylation sites (tertiary alicyclic amines) is 1. The molecule has 1 amide bonds. The molecular formula is C22H25FN2O2. The van der Waals surface area contributed by atoms with Crippen molar-refractivity contribution in [2.24, 2.45) is 11.8 Å². The average molecular weight is 368 g/mol. The Morgan fingerprint density at radius 2 is 1.89 bits per heavy atom. The zero-order valence-electron chi connectivity index (χ0n) is 15.5. The second-order valence-corrected chi connectivity index (χ2v) is 7.91. The topological polar surface area (TPSA) is 52.6 Å². The number of nitrogens with one attached hydrogen (secondary N) is 1. The standard InChI is InChI=1S/C22H25FN2O2/c1-15(26)24-20-8-2-16(3-9-20)12-25-13-17-10-11-22(27,21(17)14-25)18-4-6-19(23)7-5-18/h2-9,17,21,27H,10-14H2,1H3,(H,24,26)/t17-,21-,22-/m0/s1. The maximum absolute atomic E-state index is 13.3. The predicted octanol–water partition coefficient (Wildman–Crippen LogP) is 3.51. The molecule has 4 rings (SSSR count). The number of carbonyl (C=O) groups is 1. The van der Waals surface area contributed by atoms with Crippen molar-refractivity contribution in [1.82, 2.24) is 4.90 Å². The van der Waals surface area contributed by atoms with Crippen LogP contribution < -0.4 is 5.32 Å². The summed E-state index contributed by atoms with van der Waals surface area (Å²) in [5.41, 5.74) is 1.96. The van der Waals surface area contributed by atoms with E-state index in [0.717, 1.165) is 43.7 Å². The van der Waals surface area contributed by atoms with Crippen molar-refractivity contribution in [2.45, 2.75) is 31.9 Å². The van der Waals surface area contributed by atoms with Gasteiger partial charge in [0, 0.05) is 38.2 Å². The molecule has 0 radical (unpaired) electrons. The van der Waals surface area contributed by atoms with Crippen LogP contribution in [0, 0.1) is 17.7 Å². The molecular weight excluding hydrogens is 343 g/mol. The number of amides is 1. The highest BCUT2D eigenvalue weighted by molar-refractivity contribution is 5.88. The number of aliphatic hydroxyl groups is 1. The van der Waals surface area contributed by atoms with Gasteiger partial charge in [0.2, 0.25) is 5.91 Å². The molecule has 1 aliphatic heterocycles. The summed E-state index contributed by atoms with van der Waals surface area (Å²) in [7, 11) is 0. The molecule has 1 saturated carbocycles. The first-order chi connectivity index (χ1) is 12.9. The fraction of sp³-hybridized carbons (Fsp3) is 0.409. The number of rotatable bonds is 4. The highest BCUT2D eigenvalue weighted by atomic mass is 19.1. The molecule has 27 heavy (non-hydrogen) atoms. The van der Waals surface area contributed by atoms with Crippen LogP contribution in [0.25, 0.3) is 0 Å². The van der Waals surface area contributed by atoms with E-state index in [9.17, 15) is 14.3 Å². The summed E-state index contributed by atoms with van der Waals surface area (Å²) < 4.78 is 13.3. The maximum Gasteiger partial charge on any atom is 0.221 e. The smallest absolute Gasteiger partial charge is 0.221 e. The van der Waals surface area contributed by atoms with E-state index in [0.29, 0.717) is 5.92 Å². The quantitative estimate of drug-likeness (QED) is 0.868. The van der Waals surface area contributed by atoms with Crippen LogP contribution in [0.5, 0.6) is 0 Å². The number of nitrogens with zero attached hydrogens (tertiary/aromatic N) is 1. The minimum absolute atomic E-state index is 0.0739. The van der Waals surface area contributed by atoms with Crippen molar-refractivity contribution in [2.75, 3.05) is 18.4 Å². The maximum atomic E-state index is 13.3. The third-order valence-electron chi connectivity index (χ3n) is 6.05. The zero-order valence-corrected chi connectivity index (χ0v) is 15.5. The normalized spacial score (nSPS) is 27.5. The van der Waals surface area contributed by atoms with Crippen LogP contribution in [-0.2, 0) is 16.9 Å². The molecule has 2 N–H and O–H groups in total. The molecule has 2 fully saturated rings. The van der Waals surface area contributed by atoms with Crippen molar-refractivity contribution >= 4 is 11.6 Å². The van der Waals surface area contributed by atoms with Crippen molar-refractivity contribution in [3.8, 4) is 0 Å². The molecule has 0 spiro atoms. The van der Waals surface area contributed by atoms with Gasteiger partial charge in [-0.2, -0.15) is 0 Å². The lowest BCUT2D eigenvalue weighted by Gasteiger charge is -2.31. The molecule has 0 unspecified atom stereocenters. The van der Waals surface area contributed by atoms with Crippen molar-refractivity contribution < 1.29 is 14.3 Å². The van der Waals surface area contributed by atoms with Crippen LogP contribution in [-0.4, -0.2) is 29.0 Å². The Bertz CT molecular complexity index is 821. The van der Waals surface area contributed by atoms with E-state index in [1.54, 1.807) is 12.1 Å². The average Bonchev–Trinajstić information content (AvgIpc) is 3.17. The number of halogens is 1. The number of hydrogen-bond donors (Lipinski definition) is 2. The SMILES string of the molecule is CC(=O)Nc1ccc(CN2C[C@@H]3CC[C@](O)(c4ccc(F)cc4)[C@H]3C2)cc1. The molecule has 3 atom stereocenters. The van der Waals surface area contributed by atoms with Gasteiger partial charge in [0.1, 0.15) is 5.82 Å². The van der Waals surface area contributed by atoms with Gasteiger partial charge in [0.25, 0.3) is 0 Å². The molecule has 1 aliphatic carbocycles. The van der Waals surface area contributed by atoms with Gasteiger partial charge in [-0.25, -0.2) is 4.39 Å². The van der Waals surface area contributed by atoms with Crippen LogP contribution in [0.3, 0.4) is 0 Å². The molecule has 142 valence electrons. The zero-order chi connectivity index (χ0) is 19.0. The van der Waals surface area contributed by atoms with Crippen LogP contribution in [0.2, 0.25) is 0 Å². The summed E-state index contributed by atoms with van der Waals surface area (Å²) >= 11 is 0. The molecule has 2 aromatic rings. The van der Waals surface area contributed by atoms with E-state index in [2.05, 4.69) is 10.2 Å². The Morgan fingerprint density at radius 1 is 1.19 bits per heavy atom. The fourth-order valence-corrected chi connectivity index (χ4v) is 4.77. The Balaban J connectivity index is 1.43. The Kier molecular flexibility index (Phi) is 4.74. The van der Waals surface area contributed by atoms with Crippen molar-refractivity contribution in [1.29, 1.82) is 0 Å². The lowest BCUT2D eigenvalue weighted by Crippen LogP contribution is -2.34. The third kappa shape index (κ3) is 3.62. The number of benzene rings is 2. The lowest BCUT2D eigenvalue weighted by molar-refractivity contribution is -0.114. The molecule has 5 heteroatoms. The summed E-state index contributed by atoms with van der Waals surface area (Å²) in [5, 5.41) is 14.1. The molecule has 4 nitrogen and oxygen atoms in total. The Labute approximate surface area is 159 Å². The highest BCUT2D eigenvalue weighted by Gasteiger charge is 2.52. The minimum atomic E-state index is -0.859. The van der Waals surface area contributed by atoms with E-state index in [1.807, 2.05) is 24.3 Å². The van der Waals surface area contributed by atoms with Crippen molar-refractivity contribution in [3.05, 3.63) is 65.5 Å². The number of carbonyl (C=O) groups excluding carboxylic acids is 1. The third-order valence-corrected chi connectivity index (χ3v) is 6.05. The number of fused-ring (bicyclic) bond motifs is 1. The van der Waals surface area contributed by atoms with Gasteiger partial charge in [-0.3, -0.25) is 9.69 Å². The predicted molar refractivity (Wildman–Crippen MR) is 103 cm³/mol. The van der Waals surface area contributed by atoms with Crippen LogP contribution >= 0.6 is 0 Å². The number of anilines is 1. The lowest BCUT2D eigenvalue weighted by atomic mass is 9.82. The van der Waals surface area contributed by atoms with Crippen LogP contribution in [0.4, 0.5) is 10.1 Å². The molecule has 0 aromatic heterocycles. The number of hydrogen-bond acceptors (Lipinski definition) is 3. The Hall–Kier alpha value is -2.24. The molecule has 2 aromatic carbocycles.